The van der Waals surface area contributed by atoms with Crippen molar-refractivity contribution in [2.24, 2.45) is 11.8 Å². The lowest BCUT2D eigenvalue weighted by Gasteiger charge is -2.56. The van der Waals surface area contributed by atoms with Gasteiger partial charge in [0.05, 0.1) is 0 Å². The highest BCUT2D eigenvalue weighted by Gasteiger charge is 2.59. The van der Waals surface area contributed by atoms with Crippen LogP contribution < -0.4 is 0 Å². The van der Waals surface area contributed by atoms with Crippen molar-refractivity contribution >= 4 is 31.9 Å². The number of fused-ring (bicyclic) bond motifs is 1. The van der Waals surface area contributed by atoms with Crippen molar-refractivity contribution in [3.05, 3.63) is 12.2 Å². The van der Waals surface area contributed by atoms with Crippen molar-refractivity contribution < 1.29 is 9.78 Å². The molecule has 0 spiro atoms. The molecule has 2 heterocycles. The molecular weight excluding hydrogens is 288 g/mol. The number of rotatable bonds is 0. The normalized spacial score (nSPS) is 61.2. The second kappa shape index (κ2) is 2.56. The molecule has 4 aliphatic rings. The molecule has 1 saturated heterocycles. The SMILES string of the molecule is Br[C@H]1[C@H](Br)[C@H]2[C@@H]1[C@H]1C=C[C@@H]2OO1. The highest BCUT2D eigenvalue weighted by Crippen LogP contribution is 2.54. The molecule has 0 aromatic rings. The first-order chi connectivity index (χ1) is 5.79. The smallest absolute Gasteiger partial charge is 0.115 e. The summed E-state index contributed by atoms with van der Waals surface area (Å²) in [4.78, 5) is 11.4. The summed E-state index contributed by atoms with van der Waals surface area (Å²) < 4.78 is 0. The van der Waals surface area contributed by atoms with E-state index in [2.05, 4.69) is 44.0 Å². The van der Waals surface area contributed by atoms with E-state index in [1.54, 1.807) is 0 Å². The lowest BCUT2D eigenvalue weighted by atomic mass is 9.64. The molecule has 2 fully saturated rings. The summed E-state index contributed by atoms with van der Waals surface area (Å²) in [5.41, 5.74) is 0. The highest BCUT2D eigenvalue weighted by molar-refractivity contribution is 9.12. The van der Waals surface area contributed by atoms with Crippen LogP contribution in [0.15, 0.2) is 12.2 Å². The Balaban J connectivity index is 1.94. The number of alkyl halides is 2. The molecule has 12 heavy (non-hydrogen) atoms. The molecule has 0 aromatic carbocycles. The largest absolute Gasteiger partial charge is 0.228 e. The Bertz CT molecular complexity index is 219. The van der Waals surface area contributed by atoms with E-state index in [0.717, 1.165) is 0 Å². The van der Waals surface area contributed by atoms with Crippen molar-refractivity contribution in [2.45, 2.75) is 21.9 Å². The molecule has 0 amide bonds. The van der Waals surface area contributed by atoms with E-state index in [4.69, 9.17) is 9.78 Å². The van der Waals surface area contributed by atoms with Gasteiger partial charge < -0.3 is 0 Å². The van der Waals surface area contributed by atoms with Gasteiger partial charge in [-0.25, -0.2) is 9.78 Å². The van der Waals surface area contributed by atoms with Gasteiger partial charge >= 0.3 is 0 Å². The van der Waals surface area contributed by atoms with Crippen LogP contribution in [0.5, 0.6) is 0 Å². The van der Waals surface area contributed by atoms with E-state index in [0.29, 0.717) is 21.5 Å². The van der Waals surface area contributed by atoms with Crippen LogP contribution in [0.3, 0.4) is 0 Å². The fourth-order valence-corrected chi connectivity index (χ4v) is 4.31. The highest BCUT2D eigenvalue weighted by atomic mass is 79.9. The molecule has 4 rings (SSSR count). The topological polar surface area (TPSA) is 18.5 Å². The van der Waals surface area contributed by atoms with Gasteiger partial charge in [0.25, 0.3) is 0 Å². The van der Waals surface area contributed by atoms with Gasteiger partial charge in [0.2, 0.25) is 0 Å². The van der Waals surface area contributed by atoms with Gasteiger partial charge in [0.1, 0.15) is 12.2 Å². The van der Waals surface area contributed by atoms with E-state index < -0.39 is 0 Å². The molecule has 0 radical (unpaired) electrons. The van der Waals surface area contributed by atoms with Crippen molar-refractivity contribution in [3.63, 3.8) is 0 Å². The minimum Gasteiger partial charge on any atom is -0.228 e. The van der Waals surface area contributed by atoms with Crippen LogP contribution in [0.2, 0.25) is 0 Å². The van der Waals surface area contributed by atoms with Gasteiger partial charge in [0.15, 0.2) is 0 Å². The fraction of sp³-hybridized carbons (Fsp3) is 0.750. The maximum Gasteiger partial charge on any atom is 0.115 e. The van der Waals surface area contributed by atoms with Gasteiger partial charge in [-0.2, -0.15) is 0 Å². The van der Waals surface area contributed by atoms with Gasteiger partial charge in [0, 0.05) is 21.5 Å². The fourth-order valence-electron chi connectivity index (χ4n) is 2.30. The van der Waals surface area contributed by atoms with E-state index in [-0.39, 0.29) is 12.2 Å². The summed E-state index contributed by atoms with van der Waals surface area (Å²) in [5, 5.41) is 0. The second-order valence-corrected chi connectivity index (χ2v) is 5.66. The summed E-state index contributed by atoms with van der Waals surface area (Å²) in [5.74, 6) is 1.19. The minimum absolute atomic E-state index is 0.165. The number of halogens is 2. The summed E-state index contributed by atoms with van der Waals surface area (Å²) in [6, 6.07) is 0. The van der Waals surface area contributed by atoms with Crippen LogP contribution in [0.25, 0.3) is 0 Å². The van der Waals surface area contributed by atoms with Crippen LogP contribution in [0.1, 0.15) is 0 Å². The van der Waals surface area contributed by atoms with Crippen LogP contribution in [-0.4, -0.2) is 21.9 Å². The standard InChI is InChI=1S/C8H8Br2O2/c9-7-5-3-1-2-4(12-11-3)6(5)8(7)10/h1-8H/t3-,4+,5+,6-,7-,8-/m1/s1. The van der Waals surface area contributed by atoms with Gasteiger partial charge in [-0.15, -0.1) is 0 Å². The molecule has 2 nitrogen and oxygen atoms in total. The van der Waals surface area contributed by atoms with E-state index in [1.807, 2.05) is 0 Å². The quantitative estimate of drug-likeness (QED) is 0.387. The Hall–Kier alpha value is 0.620. The molecule has 4 heteroatoms. The Morgan fingerprint density at radius 1 is 0.833 bits per heavy atom. The van der Waals surface area contributed by atoms with Gasteiger partial charge in [-0.3, -0.25) is 0 Å². The Morgan fingerprint density at radius 3 is 1.58 bits per heavy atom. The van der Waals surface area contributed by atoms with Gasteiger partial charge in [-0.05, 0) is 0 Å². The lowest BCUT2D eigenvalue weighted by molar-refractivity contribution is -0.397. The van der Waals surface area contributed by atoms with Gasteiger partial charge in [-0.1, -0.05) is 44.0 Å². The average Bonchev–Trinajstić information content (AvgIpc) is 2.17. The lowest BCUT2D eigenvalue weighted by Crippen LogP contribution is -2.63. The molecule has 0 aromatic heterocycles. The third-order valence-corrected chi connectivity index (χ3v) is 6.08. The summed E-state index contributed by atoms with van der Waals surface area (Å²) in [7, 11) is 0. The molecule has 6 atom stereocenters. The molecule has 2 aliphatic carbocycles. The zero-order valence-electron chi connectivity index (χ0n) is 6.19. The average molecular weight is 296 g/mol. The predicted octanol–water partition coefficient (Wildman–Crippen LogP) is 2.03. The summed E-state index contributed by atoms with van der Waals surface area (Å²) in [6.45, 7) is 0. The maximum atomic E-state index is 5.19. The molecule has 0 N–H and O–H groups in total. The molecule has 2 bridgehead atoms. The van der Waals surface area contributed by atoms with E-state index >= 15 is 0 Å². The zero-order chi connectivity index (χ0) is 8.29. The first kappa shape index (κ1) is 7.97. The molecule has 66 valence electrons. The maximum absolute atomic E-state index is 5.19. The van der Waals surface area contributed by atoms with Crippen molar-refractivity contribution in [1.82, 2.24) is 0 Å². The predicted molar refractivity (Wildman–Crippen MR) is 51.3 cm³/mol. The Labute approximate surface area is 87.5 Å². The number of hydrogen-bond acceptors (Lipinski definition) is 2. The monoisotopic (exact) mass is 294 g/mol. The summed E-state index contributed by atoms with van der Waals surface area (Å²) in [6.07, 6.45) is 4.56. The first-order valence-electron chi connectivity index (χ1n) is 4.07. The van der Waals surface area contributed by atoms with Crippen LogP contribution >= 0.6 is 31.9 Å². The Kier molecular flexibility index (Phi) is 1.70. The third kappa shape index (κ3) is 0.820. The van der Waals surface area contributed by atoms with E-state index in [1.165, 1.54) is 0 Å². The van der Waals surface area contributed by atoms with Crippen LogP contribution in [0, 0.1) is 11.8 Å². The molecular formula is C8H8Br2O2. The summed E-state index contributed by atoms with van der Waals surface area (Å²) >= 11 is 7.31. The van der Waals surface area contributed by atoms with Crippen molar-refractivity contribution in [1.29, 1.82) is 0 Å². The Morgan fingerprint density at radius 2 is 1.25 bits per heavy atom. The molecule has 2 aliphatic heterocycles. The van der Waals surface area contributed by atoms with Crippen molar-refractivity contribution in [3.8, 4) is 0 Å². The zero-order valence-corrected chi connectivity index (χ0v) is 9.36. The molecule has 0 unspecified atom stereocenters. The number of hydrogen-bond donors (Lipinski definition) is 0. The van der Waals surface area contributed by atoms with E-state index in [9.17, 15) is 0 Å². The first-order valence-corrected chi connectivity index (χ1v) is 5.91. The molecule has 1 saturated carbocycles. The third-order valence-electron chi connectivity index (χ3n) is 3.01. The van der Waals surface area contributed by atoms with Crippen LogP contribution in [0.4, 0.5) is 0 Å². The second-order valence-electron chi connectivity index (χ2n) is 3.55. The minimum atomic E-state index is 0.165. The van der Waals surface area contributed by atoms with Crippen LogP contribution in [-0.2, 0) is 9.78 Å². The van der Waals surface area contributed by atoms with Crippen molar-refractivity contribution in [2.75, 3.05) is 0 Å².